The first-order valence-electron chi connectivity index (χ1n) is 5.57. The van der Waals surface area contributed by atoms with Crippen molar-refractivity contribution >= 4 is 29.2 Å². The molecule has 4 heteroatoms. The number of hydrogen-bond acceptors (Lipinski definition) is 2. The van der Waals surface area contributed by atoms with Crippen LogP contribution >= 0.6 is 11.6 Å². The molecule has 3 nitrogen and oxygen atoms in total. The van der Waals surface area contributed by atoms with Gasteiger partial charge in [0.05, 0.1) is 5.57 Å². The number of carbonyl (C=O) groups is 1. The topological polar surface area (TPSA) is 57.5 Å². The molecule has 0 aliphatic carbocycles. The first kappa shape index (κ1) is 13.2. The second kappa shape index (κ2) is 5.59. The van der Waals surface area contributed by atoms with Crippen LogP contribution in [0.1, 0.15) is 11.1 Å². The fourth-order valence-corrected chi connectivity index (χ4v) is 1.85. The highest BCUT2D eigenvalue weighted by Gasteiger charge is 2.11. The molecule has 19 heavy (non-hydrogen) atoms. The van der Waals surface area contributed by atoms with Gasteiger partial charge in [-0.25, -0.2) is 4.79 Å². The number of phenolic OH excluding ortho intramolecular Hbond substituents is 1. The van der Waals surface area contributed by atoms with E-state index in [9.17, 15) is 15.0 Å². The minimum absolute atomic E-state index is 0.0891. The van der Waals surface area contributed by atoms with Crippen LogP contribution in [-0.4, -0.2) is 16.2 Å². The van der Waals surface area contributed by atoms with E-state index in [1.165, 1.54) is 18.2 Å². The van der Waals surface area contributed by atoms with Crippen LogP contribution in [-0.2, 0) is 4.79 Å². The van der Waals surface area contributed by atoms with Crippen molar-refractivity contribution in [3.05, 3.63) is 64.7 Å². The van der Waals surface area contributed by atoms with Gasteiger partial charge < -0.3 is 10.2 Å². The molecule has 2 aromatic rings. The molecule has 0 spiro atoms. The van der Waals surface area contributed by atoms with Crippen molar-refractivity contribution < 1.29 is 15.0 Å². The van der Waals surface area contributed by atoms with E-state index in [1.54, 1.807) is 36.4 Å². The number of hydrogen-bond donors (Lipinski definition) is 2. The Bertz CT molecular complexity index is 630. The summed E-state index contributed by atoms with van der Waals surface area (Å²) in [7, 11) is 0. The third-order valence-electron chi connectivity index (χ3n) is 2.61. The van der Waals surface area contributed by atoms with Crippen molar-refractivity contribution in [2.24, 2.45) is 0 Å². The van der Waals surface area contributed by atoms with Gasteiger partial charge in [-0.3, -0.25) is 0 Å². The molecule has 0 saturated heterocycles. The van der Waals surface area contributed by atoms with Crippen molar-refractivity contribution in [3.63, 3.8) is 0 Å². The monoisotopic (exact) mass is 274 g/mol. The van der Waals surface area contributed by atoms with Crippen LogP contribution in [0.2, 0.25) is 5.02 Å². The standard InChI is InChI=1S/C15H11ClO3/c16-14-4-2-1-3-11(14)9-13(15(18)19)10-5-7-12(17)8-6-10/h1-9,17H,(H,18,19)/b13-9-. The van der Waals surface area contributed by atoms with Gasteiger partial charge in [0.2, 0.25) is 0 Å². The van der Waals surface area contributed by atoms with Crippen LogP contribution in [0.4, 0.5) is 0 Å². The van der Waals surface area contributed by atoms with Gasteiger partial charge in [-0.2, -0.15) is 0 Å². The van der Waals surface area contributed by atoms with Gasteiger partial charge in [-0.05, 0) is 35.4 Å². The third kappa shape index (κ3) is 3.14. The van der Waals surface area contributed by atoms with E-state index < -0.39 is 5.97 Å². The summed E-state index contributed by atoms with van der Waals surface area (Å²) >= 11 is 6.01. The molecule has 0 bridgehead atoms. The summed E-state index contributed by atoms with van der Waals surface area (Å²) in [5.41, 5.74) is 1.26. The Hall–Kier alpha value is -2.26. The molecule has 0 aromatic heterocycles. The summed E-state index contributed by atoms with van der Waals surface area (Å²) in [5.74, 6) is -0.961. The van der Waals surface area contributed by atoms with Gasteiger partial charge in [0.25, 0.3) is 0 Å². The van der Waals surface area contributed by atoms with E-state index >= 15 is 0 Å². The fraction of sp³-hybridized carbons (Fsp3) is 0. The summed E-state index contributed by atoms with van der Waals surface area (Å²) in [5, 5.41) is 19.0. The van der Waals surface area contributed by atoms with Crippen LogP contribution in [0.15, 0.2) is 48.5 Å². The number of aliphatic carboxylic acids is 1. The molecule has 0 aliphatic heterocycles. The highest BCUT2D eigenvalue weighted by atomic mass is 35.5. The van der Waals surface area contributed by atoms with Crippen LogP contribution in [0.3, 0.4) is 0 Å². The summed E-state index contributed by atoms with van der Waals surface area (Å²) < 4.78 is 0. The van der Waals surface area contributed by atoms with Crippen molar-refractivity contribution in [2.75, 3.05) is 0 Å². The van der Waals surface area contributed by atoms with Crippen molar-refractivity contribution in [1.82, 2.24) is 0 Å². The van der Waals surface area contributed by atoms with Gasteiger partial charge in [0.15, 0.2) is 0 Å². The first-order valence-corrected chi connectivity index (χ1v) is 5.94. The Labute approximate surface area is 115 Å². The molecular formula is C15H11ClO3. The Morgan fingerprint density at radius 3 is 2.26 bits per heavy atom. The highest BCUT2D eigenvalue weighted by molar-refractivity contribution is 6.33. The first-order chi connectivity index (χ1) is 9.08. The fourth-order valence-electron chi connectivity index (χ4n) is 1.66. The maximum absolute atomic E-state index is 11.3. The summed E-state index contributed by atoms with van der Waals surface area (Å²) in [6, 6.07) is 13.0. The molecule has 0 atom stereocenters. The Kier molecular flexibility index (Phi) is 3.88. The maximum Gasteiger partial charge on any atom is 0.336 e. The molecule has 0 radical (unpaired) electrons. The lowest BCUT2D eigenvalue weighted by Crippen LogP contribution is -1.99. The number of phenols is 1. The van der Waals surface area contributed by atoms with E-state index in [2.05, 4.69) is 0 Å². The Morgan fingerprint density at radius 2 is 1.68 bits per heavy atom. The highest BCUT2D eigenvalue weighted by Crippen LogP contribution is 2.24. The molecular weight excluding hydrogens is 264 g/mol. The zero-order valence-electron chi connectivity index (χ0n) is 9.88. The maximum atomic E-state index is 11.3. The van der Waals surface area contributed by atoms with Gasteiger partial charge in [-0.1, -0.05) is 41.9 Å². The van der Waals surface area contributed by atoms with Gasteiger partial charge in [0, 0.05) is 5.02 Å². The smallest absolute Gasteiger partial charge is 0.336 e. The van der Waals surface area contributed by atoms with E-state index in [4.69, 9.17) is 11.6 Å². The lowest BCUT2D eigenvalue weighted by Gasteiger charge is -2.04. The number of benzene rings is 2. The molecule has 2 N–H and O–H groups in total. The van der Waals surface area contributed by atoms with Gasteiger partial charge >= 0.3 is 5.97 Å². The summed E-state index contributed by atoms with van der Waals surface area (Å²) in [6.45, 7) is 0. The van der Waals surface area contributed by atoms with Crippen LogP contribution in [0.25, 0.3) is 11.6 Å². The van der Waals surface area contributed by atoms with Crippen LogP contribution in [0.5, 0.6) is 5.75 Å². The SMILES string of the molecule is O=C(O)/C(=C\c1ccccc1Cl)c1ccc(O)cc1. The number of halogens is 1. The predicted molar refractivity (Wildman–Crippen MR) is 75.1 cm³/mol. The molecule has 0 saturated carbocycles. The van der Waals surface area contributed by atoms with E-state index in [0.29, 0.717) is 16.1 Å². The summed E-state index contributed by atoms with van der Waals surface area (Å²) in [6.07, 6.45) is 1.51. The molecule has 0 heterocycles. The van der Waals surface area contributed by atoms with Crippen molar-refractivity contribution in [1.29, 1.82) is 0 Å². The lowest BCUT2D eigenvalue weighted by atomic mass is 10.0. The van der Waals surface area contributed by atoms with Gasteiger partial charge in [0.1, 0.15) is 5.75 Å². The van der Waals surface area contributed by atoms with E-state index in [-0.39, 0.29) is 11.3 Å². The average molecular weight is 275 g/mol. The van der Waals surface area contributed by atoms with Crippen molar-refractivity contribution in [2.45, 2.75) is 0 Å². The van der Waals surface area contributed by atoms with E-state index in [0.717, 1.165) is 0 Å². The van der Waals surface area contributed by atoms with Crippen molar-refractivity contribution in [3.8, 4) is 5.75 Å². The Balaban J connectivity index is 2.50. The zero-order valence-corrected chi connectivity index (χ0v) is 10.6. The minimum Gasteiger partial charge on any atom is -0.508 e. The molecule has 0 unspecified atom stereocenters. The lowest BCUT2D eigenvalue weighted by molar-refractivity contribution is -0.130. The minimum atomic E-state index is -1.05. The molecule has 2 aromatic carbocycles. The zero-order chi connectivity index (χ0) is 13.8. The molecule has 96 valence electrons. The largest absolute Gasteiger partial charge is 0.508 e. The molecule has 2 rings (SSSR count). The number of carboxylic acids is 1. The quantitative estimate of drug-likeness (QED) is 0.663. The normalized spacial score (nSPS) is 11.3. The van der Waals surface area contributed by atoms with E-state index in [1.807, 2.05) is 0 Å². The summed E-state index contributed by atoms with van der Waals surface area (Å²) in [4.78, 5) is 11.3. The van der Waals surface area contributed by atoms with Crippen LogP contribution in [0, 0.1) is 0 Å². The molecule has 0 aliphatic rings. The third-order valence-corrected chi connectivity index (χ3v) is 2.96. The Morgan fingerprint density at radius 1 is 1.05 bits per heavy atom. The second-order valence-electron chi connectivity index (χ2n) is 3.93. The predicted octanol–water partition coefficient (Wildman–Crippen LogP) is 3.67. The molecule has 0 amide bonds. The number of aromatic hydroxyl groups is 1. The number of rotatable bonds is 3. The number of carboxylic acid groups (broad SMARTS) is 1. The van der Waals surface area contributed by atoms with Gasteiger partial charge in [-0.15, -0.1) is 0 Å². The average Bonchev–Trinajstić information content (AvgIpc) is 2.39. The van der Waals surface area contributed by atoms with Crippen LogP contribution < -0.4 is 0 Å². The molecule has 0 fully saturated rings. The second-order valence-corrected chi connectivity index (χ2v) is 4.34.